The van der Waals surface area contributed by atoms with E-state index >= 15 is 0 Å². The molecular formula is C17H22N4O4S. The van der Waals surface area contributed by atoms with Gasteiger partial charge in [0.05, 0.1) is 29.2 Å². The molecule has 2 aliphatic rings. The molecule has 26 heavy (non-hydrogen) atoms. The summed E-state index contributed by atoms with van der Waals surface area (Å²) >= 11 is 0. The molecular weight excluding hydrogens is 356 g/mol. The monoisotopic (exact) mass is 378 g/mol. The third kappa shape index (κ3) is 2.80. The molecule has 2 fully saturated rings. The number of aliphatic carboxylic acids is 1. The smallest absolute Gasteiger partial charge is 0.312 e. The van der Waals surface area contributed by atoms with Gasteiger partial charge in [0.1, 0.15) is 5.82 Å². The SMILES string of the molecule is Cc1ccc2nc(CN3C[C@@H]4CN(S(C)(=O)=O)C[C@]4(C(=O)O)C3)[nH]c2c1. The van der Waals surface area contributed by atoms with E-state index < -0.39 is 21.4 Å². The van der Waals surface area contributed by atoms with Crippen molar-refractivity contribution in [2.45, 2.75) is 13.5 Å². The number of aromatic amines is 1. The molecule has 0 spiro atoms. The molecule has 3 heterocycles. The highest BCUT2D eigenvalue weighted by Crippen LogP contribution is 2.43. The third-order valence-electron chi connectivity index (χ3n) is 5.60. The van der Waals surface area contributed by atoms with Gasteiger partial charge in [-0.25, -0.2) is 17.7 Å². The van der Waals surface area contributed by atoms with Crippen LogP contribution in [0, 0.1) is 18.3 Å². The van der Waals surface area contributed by atoms with Crippen LogP contribution in [0.2, 0.25) is 0 Å². The van der Waals surface area contributed by atoms with Crippen molar-refractivity contribution in [2.24, 2.45) is 11.3 Å². The first-order valence-electron chi connectivity index (χ1n) is 8.53. The summed E-state index contributed by atoms with van der Waals surface area (Å²) in [4.78, 5) is 21.9. The number of fused-ring (bicyclic) bond motifs is 2. The van der Waals surface area contributed by atoms with Crippen molar-refractivity contribution in [2.75, 3.05) is 32.4 Å². The Morgan fingerprint density at radius 2 is 2.15 bits per heavy atom. The van der Waals surface area contributed by atoms with Crippen LogP contribution in [0.4, 0.5) is 0 Å². The number of carboxylic acids is 1. The molecule has 0 aliphatic carbocycles. The molecule has 2 N–H and O–H groups in total. The molecule has 0 radical (unpaired) electrons. The fourth-order valence-corrected chi connectivity index (χ4v) is 5.18. The van der Waals surface area contributed by atoms with E-state index in [9.17, 15) is 18.3 Å². The number of H-pyrrole nitrogens is 1. The molecule has 0 unspecified atom stereocenters. The first-order chi connectivity index (χ1) is 12.2. The number of rotatable bonds is 4. The quantitative estimate of drug-likeness (QED) is 0.809. The van der Waals surface area contributed by atoms with E-state index in [0.717, 1.165) is 28.7 Å². The molecule has 1 aromatic carbocycles. The lowest BCUT2D eigenvalue weighted by atomic mass is 9.81. The van der Waals surface area contributed by atoms with Crippen molar-refractivity contribution >= 4 is 27.0 Å². The number of aromatic nitrogens is 2. The minimum atomic E-state index is -3.38. The molecule has 0 bridgehead atoms. The summed E-state index contributed by atoms with van der Waals surface area (Å²) in [5, 5.41) is 9.81. The second-order valence-electron chi connectivity index (χ2n) is 7.59. The van der Waals surface area contributed by atoms with Gasteiger partial charge in [-0.3, -0.25) is 9.69 Å². The van der Waals surface area contributed by atoms with Crippen LogP contribution < -0.4 is 0 Å². The highest BCUT2D eigenvalue weighted by Gasteiger charge is 2.59. The van der Waals surface area contributed by atoms with E-state index in [1.165, 1.54) is 4.31 Å². The van der Waals surface area contributed by atoms with Gasteiger partial charge < -0.3 is 10.1 Å². The van der Waals surface area contributed by atoms with Crippen molar-refractivity contribution < 1.29 is 18.3 Å². The van der Waals surface area contributed by atoms with E-state index in [2.05, 4.69) is 14.9 Å². The Bertz CT molecular complexity index is 986. The number of imidazole rings is 1. The van der Waals surface area contributed by atoms with Gasteiger partial charge >= 0.3 is 5.97 Å². The van der Waals surface area contributed by atoms with Crippen molar-refractivity contribution in [1.82, 2.24) is 19.2 Å². The highest BCUT2D eigenvalue weighted by atomic mass is 32.2. The zero-order chi connectivity index (χ0) is 18.7. The van der Waals surface area contributed by atoms with Gasteiger partial charge in [-0.2, -0.15) is 0 Å². The summed E-state index contributed by atoms with van der Waals surface area (Å²) < 4.78 is 25.0. The van der Waals surface area contributed by atoms with Crippen molar-refractivity contribution in [1.29, 1.82) is 0 Å². The highest BCUT2D eigenvalue weighted by molar-refractivity contribution is 7.88. The zero-order valence-corrected chi connectivity index (χ0v) is 15.6. The average molecular weight is 378 g/mol. The van der Waals surface area contributed by atoms with Crippen molar-refractivity contribution in [3.63, 3.8) is 0 Å². The molecule has 9 heteroatoms. The molecule has 4 rings (SSSR count). The number of nitrogens with zero attached hydrogens (tertiary/aromatic N) is 3. The molecule has 2 atom stereocenters. The Balaban J connectivity index is 1.55. The minimum absolute atomic E-state index is 0.0433. The summed E-state index contributed by atoms with van der Waals surface area (Å²) in [6.07, 6.45) is 1.14. The fraction of sp³-hybridized carbons (Fsp3) is 0.529. The van der Waals surface area contributed by atoms with Gasteiger partial charge in [0.2, 0.25) is 10.0 Å². The fourth-order valence-electron chi connectivity index (χ4n) is 4.26. The predicted octanol–water partition coefficient (Wildman–Crippen LogP) is 0.649. The summed E-state index contributed by atoms with van der Waals surface area (Å²) in [7, 11) is -3.38. The summed E-state index contributed by atoms with van der Waals surface area (Å²) in [6.45, 7) is 3.73. The van der Waals surface area contributed by atoms with Crippen LogP contribution in [0.15, 0.2) is 18.2 Å². The van der Waals surface area contributed by atoms with Gasteiger partial charge in [-0.15, -0.1) is 0 Å². The number of carbonyl (C=O) groups is 1. The van der Waals surface area contributed by atoms with Gasteiger partial charge in [0.15, 0.2) is 0 Å². The van der Waals surface area contributed by atoms with Crippen LogP contribution in [0.3, 0.4) is 0 Å². The Hall–Kier alpha value is -1.97. The molecule has 0 saturated carbocycles. The minimum Gasteiger partial charge on any atom is -0.481 e. The lowest BCUT2D eigenvalue weighted by molar-refractivity contribution is -0.148. The zero-order valence-electron chi connectivity index (χ0n) is 14.8. The number of hydrogen-bond donors (Lipinski definition) is 2. The normalized spacial score (nSPS) is 27.2. The number of sulfonamides is 1. The van der Waals surface area contributed by atoms with E-state index in [4.69, 9.17) is 0 Å². The topological polar surface area (TPSA) is 107 Å². The first kappa shape index (κ1) is 17.4. The number of hydrogen-bond acceptors (Lipinski definition) is 5. The van der Waals surface area contributed by atoms with E-state index in [1.54, 1.807) is 0 Å². The average Bonchev–Trinajstić information content (AvgIpc) is 3.16. The predicted molar refractivity (Wildman–Crippen MR) is 96.1 cm³/mol. The van der Waals surface area contributed by atoms with Gasteiger partial charge in [-0.1, -0.05) is 6.07 Å². The summed E-state index contributed by atoms with van der Waals surface area (Å²) in [5.41, 5.74) is 1.97. The lowest BCUT2D eigenvalue weighted by Crippen LogP contribution is -2.41. The Morgan fingerprint density at radius 1 is 1.38 bits per heavy atom. The maximum atomic E-state index is 12.0. The van der Waals surface area contributed by atoms with Crippen LogP contribution in [0.1, 0.15) is 11.4 Å². The van der Waals surface area contributed by atoms with Crippen molar-refractivity contribution in [3.8, 4) is 0 Å². The number of carboxylic acid groups (broad SMARTS) is 1. The van der Waals surface area contributed by atoms with Crippen molar-refractivity contribution in [3.05, 3.63) is 29.6 Å². The maximum absolute atomic E-state index is 12.0. The molecule has 0 amide bonds. The van der Waals surface area contributed by atoms with Crippen LogP contribution >= 0.6 is 0 Å². The van der Waals surface area contributed by atoms with Crippen LogP contribution in [-0.4, -0.2) is 71.1 Å². The Kier molecular flexibility index (Phi) is 3.87. The number of nitrogens with one attached hydrogen (secondary N) is 1. The summed E-state index contributed by atoms with van der Waals surface area (Å²) in [5.74, 6) is -0.330. The number of benzene rings is 1. The molecule has 2 saturated heterocycles. The number of likely N-dealkylation sites (tertiary alicyclic amines) is 1. The number of aryl methyl sites for hydroxylation is 1. The molecule has 140 valence electrons. The second kappa shape index (κ2) is 5.77. The van der Waals surface area contributed by atoms with Crippen LogP contribution in [-0.2, 0) is 21.4 Å². The van der Waals surface area contributed by atoms with Gasteiger partial charge in [-0.05, 0) is 24.6 Å². The Labute approximate surface area is 151 Å². The molecule has 2 aromatic rings. The van der Waals surface area contributed by atoms with E-state index in [1.807, 2.05) is 25.1 Å². The maximum Gasteiger partial charge on any atom is 0.312 e. The second-order valence-corrected chi connectivity index (χ2v) is 9.57. The molecule has 2 aliphatic heterocycles. The largest absolute Gasteiger partial charge is 0.481 e. The summed E-state index contributed by atoms with van der Waals surface area (Å²) in [6, 6.07) is 6.01. The van der Waals surface area contributed by atoms with Gasteiger partial charge in [0, 0.05) is 32.1 Å². The Morgan fingerprint density at radius 3 is 2.81 bits per heavy atom. The van der Waals surface area contributed by atoms with E-state index in [-0.39, 0.29) is 19.0 Å². The van der Waals surface area contributed by atoms with Crippen LogP contribution in [0.5, 0.6) is 0 Å². The molecule has 1 aromatic heterocycles. The first-order valence-corrected chi connectivity index (χ1v) is 10.4. The van der Waals surface area contributed by atoms with Crippen LogP contribution in [0.25, 0.3) is 11.0 Å². The third-order valence-corrected chi connectivity index (χ3v) is 6.82. The lowest BCUT2D eigenvalue weighted by Gasteiger charge is -2.24. The standard InChI is InChI=1S/C17H22N4O4S/c1-11-3-4-13-14(5-11)19-15(18-13)8-20-6-12-7-21(26(2,24)25)10-17(12,9-20)16(22)23/h3-5,12H,6-10H2,1-2H3,(H,18,19)(H,22,23)/t12-,17-/m1/s1. The van der Waals surface area contributed by atoms with E-state index in [0.29, 0.717) is 19.6 Å². The van der Waals surface area contributed by atoms with Gasteiger partial charge in [0.25, 0.3) is 0 Å². The molecule has 8 nitrogen and oxygen atoms in total.